The van der Waals surface area contributed by atoms with Gasteiger partial charge in [-0.1, -0.05) is 103 Å². The summed E-state index contributed by atoms with van der Waals surface area (Å²) in [4.78, 5) is 36.4. The quantitative estimate of drug-likeness (QED) is 0.236. The number of oxazole rings is 1. The van der Waals surface area contributed by atoms with Crippen molar-refractivity contribution in [3.63, 3.8) is 0 Å². The SMILES string of the molecule is O=C(CSc1nc(-c2ccccc2)cc(=O)[nH]1)Nc1nc(-c2ccccc2)c(-c2ccccc2)o1. The molecule has 7 nitrogen and oxygen atoms in total. The highest BCUT2D eigenvalue weighted by Crippen LogP contribution is 2.34. The minimum atomic E-state index is -0.330. The van der Waals surface area contributed by atoms with Crippen molar-refractivity contribution >= 4 is 23.7 Å². The van der Waals surface area contributed by atoms with E-state index in [1.54, 1.807) is 0 Å². The van der Waals surface area contributed by atoms with Crippen LogP contribution in [0.4, 0.5) is 6.01 Å². The molecule has 0 aliphatic heterocycles. The summed E-state index contributed by atoms with van der Waals surface area (Å²) in [6.07, 6.45) is 0. The number of rotatable bonds is 7. The van der Waals surface area contributed by atoms with Crippen LogP contribution in [0, 0.1) is 0 Å². The van der Waals surface area contributed by atoms with Crippen LogP contribution in [0.3, 0.4) is 0 Å². The van der Waals surface area contributed by atoms with E-state index in [1.807, 2.05) is 91.0 Å². The van der Waals surface area contributed by atoms with Crippen molar-refractivity contribution in [1.82, 2.24) is 15.0 Å². The first-order valence-corrected chi connectivity index (χ1v) is 11.9. The first kappa shape index (κ1) is 22.4. The highest BCUT2D eigenvalue weighted by Gasteiger charge is 2.18. The van der Waals surface area contributed by atoms with E-state index in [-0.39, 0.29) is 23.2 Å². The Morgan fingerprint density at radius 1 is 0.829 bits per heavy atom. The molecular weight excluding hydrogens is 460 g/mol. The number of carbonyl (C=O) groups is 1. The average Bonchev–Trinajstić information content (AvgIpc) is 3.32. The highest BCUT2D eigenvalue weighted by atomic mass is 32.2. The number of nitrogens with zero attached hydrogens (tertiary/aromatic N) is 2. The topological polar surface area (TPSA) is 101 Å². The molecule has 0 spiro atoms. The molecule has 0 aliphatic carbocycles. The number of benzene rings is 3. The van der Waals surface area contributed by atoms with E-state index < -0.39 is 0 Å². The molecule has 1 amide bonds. The maximum Gasteiger partial charge on any atom is 0.302 e. The summed E-state index contributed by atoms with van der Waals surface area (Å²) in [7, 11) is 0. The van der Waals surface area contributed by atoms with Gasteiger partial charge < -0.3 is 9.40 Å². The first-order chi connectivity index (χ1) is 17.2. The van der Waals surface area contributed by atoms with Crippen molar-refractivity contribution in [3.8, 4) is 33.8 Å². The Hall–Kier alpha value is -4.43. The second-order valence-electron chi connectivity index (χ2n) is 7.57. The Bertz CT molecular complexity index is 1440. The molecule has 0 saturated carbocycles. The van der Waals surface area contributed by atoms with Crippen molar-refractivity contribution in [2.75, 3.05) is 11.1 Å². The summed E-state index contributed by atoms with van der Waals surface area (Å²) in [5.41, 5.74) is 3.46. The third-order valence-electron chi connectivity index (χ3n) is 5.09. The first-order valence-electron chi connectivity index (χ1n) is 10.9. The number of hydrogen-bond acceptors (Lipinski definition) is 6. The summed E-state index contributed by atoms with van der Waals surface area (Å²) in [6.45, 7) is 0. The molecule has 5 aromatic rings. The van der Waals surface area contributed by atoms with Gasteiger partial charge >= 0.3 is 6.01 Å². The summed E-state index contributed by atoms with van der Waals surface area (Å²) < 4.78 is 5.95. The van der Waals surface area contributed by atoms with Crippen LogP contribution in [-0.2, 0) is 4.79 Å². The maximum absolute atomic E-state index is 12.7. The fourth-order valence-corrected chi connectivity index (χ4v) is 4.18. The lowest BCUT2D eigenvalue weighted by Crippen LogP contribution is -2.15. The van der Waals surface area contributed by atoms with Crippen LogP contribution >= 0.6 is 11.8 Å². The van der Waals surface area contributed by atoms with Crippen LogP contribution < -0.4 is 10.9 Å². The van der Waals surface area contributed by atoms with Crippen molar-refractivity contribution in [2.24, 2.45) is 0 Å². The molecule has 2 N–H and O–H groups in total. The summed E-state index contributed by atoms with van der Waals surface area (Å²) in [5, 5.41) is 3.07. The smallest absolute Gasteiger partial charge is 0.302 e. The molecule has 0 radical (unpaired) electrons. The van der Waals surface area contributed by atoms with Crippen LogP contribution in [0.25, 0.3) is 33.8 Å². The molecule has 0 aliphatic rings. The van der Waals surface area contributed by atoms with Gasteiger partial charge in [-0.2, -0.15) is 4.98 Å². The Morgan fingerprint density at radius 2 is 1.43 bits per heavy atom. The van der Waals surface area contributed by atoms with E-state index in [9.17, 15) is 9.59 Å². The lowest BCUT2D eigenvalue weighted by Gasteiger charge is -2.04. The molecule has 2 heterocycles. The largest absolute Gasteiger partial charge is 0.423 e. The molecule has 0 fully saturated rings. The van der Waals surface area contributed by atoms with E-state index in [0.717, 1.165) is 28.5 Å². The molecule has 8 heteroatoms. The molecule has 0 atom stereocenters. The number of anilines is 1. The van der Waals surface area contributed by atoms with Crippen LogP contribution in [0.1, 0.15) is 0 Å². The van der Waals surface area contributed by atoms with Crippen molar-refractivity contribution in [1.29, 1.82) is 0 Å². The molecular formula is C27H20N4O3S. The van der Waals surface area contributed by atoms with E-state index in [2.05, 4.69) is 20.3 Å². The molecule has 0 bridgehead atoms. The predicted molar refractivity (Wildman–Crippen MR) is 137 cm³/mol. The average molecular weight is 481 g/mol. The molecule has 2 aromatic heterocycles. The zero-order valence-corrected chi connectivity index (χ0v) is 19.3. The van der Waals surface area contributed by atoms with Crippen LogP contribution in [0.2, 0.25) is 0 Å². The summed E-state index contributed by atoms with van der Waals surface area (Å²) in [5.74, 6) is 0.259. The van der Waals surface area contributed by atoms with Crippen molar-refractivity contribution in [2.45, 2.75) is 5.16 Å². The maximum atomic E-state index is 12.7. The van der Waals surface area contributed by atoms with Crippen molar-refractivity contribution < 1.29 is 9.21 Å². The normalized spacial score (nSPS) is 10.7. The third-order valence-corrected chi connectivity index (χ3v) is 5.96. The molecule has 5 rings (SSSR count). The van der Waals surface area contributed by atoms with Gasteiger partial charge in [0.15, 0.2) is 10.9 Å². The Kier molecular flexibility index (Phi) is 6.54. The van der Waals surface area contributed by atoms with Gasteiger partial charge in [0, 0.05) is 22.8 Å². The molecule has 35 heavy (non-hydrogen) atoms. The van der Waals surface area contributed by atoms with Crippen LogP contribution in [-0.4, -0.2) is 26.6 Å². The van der Waals surface area contributed by atoms with E-state index in [1.165, 1.54) is 6.07 Å². The highest BCUT2D eigenvalue weighted by molar-refractivity contribution is 7.99. The number of aromatic nitrogens is 3. The van der Waals surface area contributed by atoms with Gasteiger partial charge in [-0.05, 0) is 0 Å². The number of thioether (sulfide) groups is 1. The Morgan fingerprint density at radius 3 is 2.09 bits per heavy atom. The van der Waals surface area contributed by atoms with Gasteiger partial charge in [0.1, 0.15) is 5.69 Å². The Balaban J connectivity index is 1.33. The van der Waals surface area contributed by atoms with E-state index in [0.29, 0.717) is 22.3 Å². The lowest BCUT2D eigenvalue weighted by molar-refractivity contribution is -0.113. The molecule has 3 aromatic carbocycles. The molecule has 0 unspecified atom stereocenters. The number of amides is 1. The lowest BCUT2D eigenvalue weighted by atomic mass is 10.1. The van der Waals surface area contributed by atoms with E-state index in [4.69, 9.17) is 4.42 Å². The monoisotopic (exact) mass is 480 g/mol. The van der Waals surface area contributed by atoms with Gasteiger partial charge in [-0.3, -0.25) is 14.9 Å². The number of carbonyl (C=O) groups excluding carboxylic acids is 1. The van der Waals surface area contributed by atoms with Gasteiger partial charge in [0.05, 0.1) is 11.4 Å². The fraction of sp³-hybridized carbons (Fsp3) is 0.0370. The second-order valence-corrected chi connectivity index (χ2v) is 8.53. The van der Waals surface area contributed by atoms with Crippen LogP contribution in [0.5, 0.6) is 0 Å². The van der Waals surface area contributed by atoms with Gasteiger partial charge in [0.2, 0.25) is 5.91 Å². The predicted octanol–water partition coefficient (Wildman–Crippen LogP) is 5.49. The number of hydrogen-bond donors (Lipinski definition) is 2. The number of aromatic amines is 1. The van der Waals surface area contributed by atoms with E-state index >= 15 is 0 Å². The Labute approximate surface area is 205 Å². The zero-order chi connectivity index (χ0) is 24.0. The van der Waals surface area contributed by atoms with Crippen molar-refractivity contribution in [3.05, 3.63) is 107 Å². The fourth-order valence-electron chi connectivity index (χ4n) is 3.50. The van der Waals surface area contributed by atoms with Crippen LogP contribution in [0.15, 0.2) is 111 Å². The van der Waals surface area contributed by atoms with Gasteiger partial charge in [-0.15, -0.1) is 0 Å². The minimum absolute atomic E-state index is 0.0188. The molecule has 0 saturated heterocycles. The second kappa shape index (κ2) is 10.2. The number of nitrogens with one attached hydrogen (secondary N) is 2. The molecule has 172 valence electrons. The van der Waals surface area contributed by atoms with Gasteiger partial charge in [-0.25, -0.2) is 4.98 Å². The number of H-pyrrole nitrogens is 1. The summed E-state index contributed by atoms with van der Waals surface area (Å²) in [6, 6.07) is 30.2. The standard InChI is InChI=1S/C27H20N4O3S/c32-22-16-21(18-10-4-1-5-11-18)28-27(30-22)35-17-23(33)29-26-31-24(19-12-6-2-7-13-19)25(34-26)20-14-8-3-9-15-20/h1-16H,17H2,(H,28,30,32)(H,29,31,33). The summed E-state index contributed by atoms with van der Waals surface area (Å²) >= 11 is 1.13. The van der Waals surface area contributed by atoms with Gasteiger partial charge in [0.25, 0.3) is 5.56 Å². The third kappa shape index (κ3) is 5.39. The zero-order valence-electron chi connectivity index (χ0n) is 18.5. The minimum Gasteiger partial charge on any atom is -0.423 e.